The molecule has 1 saturated heterocycles. The van der Waals surface area contributed by atoms with E-state index >= 15 is 0 Å². The van der Waals surface area contributed by atoms with Gasteiger partial charge in [-0.25, -0.2) is 0 Å². The van der Waals surface area contributed by atoms with Gasteiger partial charge in [-0.15, -0.1) is 0 Å². The molecule has 0 amide bonds. The number of benzene rings is 1. The Morgan fingerprint density at radius 1 is 1.50 bits per heavy atom. The molecule has 1 aliphatic heterocycles. The molecule has 1 heterocycles. The van der Waals surface area contributed by atoms with Crippen LogP contribution >= 0.6 is 0 Å². The quantitative estimate of drug-likeness (QED) is 0.854. The number of carbonyl (C=O) groups is 1. The van der Waals surface area contributed by atoms with Gasteiger partial charge in [-0.2, -0.15) is 0 Å². The monoisotopic (exact) mass is 279 g/mol. The van der Waals surface area contributed by atoms with Crippen molar-refractivity contribution < 1.29 is 19.4 Å². The molecule has 110 valence electrons. The van der Waals surface area contributed by atoms with Gasteiger partial charge in [0.05, 0.1) is 7.11 Å². The number of carboxylic acids is 1. The van der Waals surface area contributed by atoms with E-state index in [2.05, 4.69) is 0 Å². The highest BCUT2D eigenvalue weighted by atomic mass is 16.5. The minimum atomic E-state index is -0.997. The summed E-state index contributed by atoms with van der Waals surface area (Å²) in [7, 11) is 1.58. The normalized spacial score (nSPS) is 17.7. The first-order chi connectivity index (χ1) is 9.61. The molecule has 0 bridgehead atoms. The summed E-state index contributed by atoms with van der Waals surface area (Å²) in [5.74, 6) is 0.162. The summed E-state index contributed by atoms with van der Waals surface area (Å²) in [4.78, 5) is 10.9. The van der Waals surface area contributed by atoms with Crippen molar-refractivity contribution in [2.45, 2.75) is 31.2 Å². The molecule has 5 nitrogen and oxygen atoms in total. The van der Waals surface area contributed by atoms with Crippen molar-refractivity contribution >= 4 is 5.97 Å². The van der Waals surface area contributed by atoms with Crippen molar-refractivity contribution in [1.29, 1.82) is 0 Å². The van der Waals surface area contributed by atoms with E-state index in [1.54, 1.807) is 7.11 Å². The summed E-state index contributed by atoms with van der Waals surface area (Å²) >= 11 is 0. The fraction of sp³-hybridized carbons (Fsp3) is 0.533. The zero-order chi connectivity index (χ0) is 14.5. The van der Waals surface area contributed by atoms with Crippen LogP contribution in [0.2, 0.25) is 0 Å². The van der Waals surface area contributed by atoms with Crippen LogP contribution in [0, 0.1) is 0 Å². The first kappa shape index (κ1) is 14.8. The Bertz CT molecular complexity index is 469. The van der Waals surface area contributed by atoms with Crippen molar-refractivity contribution in [2.75, 3.05) is 20.3 Å². The van der Waals surface area contributed by atoms with Crippen molar-refractivity contribution in [2.24, 2.45) is 5.73 Å². The van der Waals surface area contributed by atoms with Crippen LogP contribution < -0.4 is 10.5 Å². The topological polar surface area (TPSA) is 81.8 Å². The average molecular weight is 279 g/mol. The van der Waals surface area contributed by atoms with Gasteiger partial charge in [-0.3, -0.25) is 4.79 Å². The second-order valence-electron chi connectivity index (χ2n) is 5.11. The number of hydrogen-bond donors (Lipinski definition) is 2. The van der Waals surface area contributed by atoms with Gasteiger partial charge in [0.2, 0.25) is 0 Å². The Kier molecular flexibility index (Phi) is 4.98. The molecule has 0 spiro atoms. The molecule has 0 aromatic heterocycles. The van der Waals surface area contributed by atoms with Crippen LogP contribution in [0.3, 0.4) is 0 Å². The van der Waals surface area contributed by atoms with E-state index < -0.39 is 12.0 Å². The highest BCUT2D eigenvalue weighted by molar-refractivity contribution is 5.73. The Morgan fingerprint density at radius 2 is 2.20 bits per heavy atom. The maximum absolute atomic E-state index is 10.9. The number of nitrogens with two attached hydrogens (primary N) is 1. The molecular formula is C15H21NO4. The van der Waals surface area contributed by atoms with E-state index in [0.29, 0.717) is 11.7 Å². The summed E-state index contributed by atoms with van der Waals surface area (Å²) < 4.78 is 10.7. The lowest BCUT2D eigenvalue weighted by molar-refractivity contribution is -0.138. The van der Waals surface area contributed by atoms with Gasteiger partial charge in [-0.1, -0.05) is 12.1 Å². The zero-order valence-corrected chi connectivity index (χ0v) is 11.7. The molecule has 1 aromatic rings. The predicted molar refractivity (Wildman–Crippen MR) is 75.1 cm³/mol. The van der Waals surface area contributed by atoms with Crippen LogP contribution in [-0.2, 0) is 16.0 Å². The number of ether oxygens (including phenoxy) is 2. The highest BCUT2D eigenvalue weighted by Crippen LogP contribution is 2.31. The molecule has 5 heteroatoms. The van der Waals surface area contributed by atoms with E-state index in [0.717, 1.165) is 31.6 Å². The lowest BCUT2D eigenvalue weighted by Crippen LogP contribution is -2.32. The standard InChI is InChI=1S/C15H21NO4/c1-19-14-3-2-11(10-4-6-20-7-5-10)8-12(14)9-13(16)15(17)18/h2-3,8,10,13H,4-7,9,16H2,1H3,(H,17,18). The third kappa shape index (κ3) is 3.49. The van der Waals surface area contributed by atoms with Crippen molar-refractivity contribution in [3.63, 3.8) is 0 Å². The fourth-order valence-corrected chi connectivity index (χ4v) is 2.57. The summed E-state index contributed by atoms with van der Waals surface area (Å²) in [6, 6.07) is 5.06. The second-order valence-corrected chi connectivity index (χ2v) is 5.11. The van der Waals surface area contributed by atoms with Gasteiger partial charge >= 0.3 is 5.97 Å². The molecule has 1 aliphatic rings. The van der Waals surface area contributed by atoms with E-state index in [4.69, 9.17) is 20.3 Å². The fourth-order valence-electron chi connectivity index (χ4n) is 2.57. The number of methoxy groups -OCH3 is 1. The van der Waals surface area contributed by atoms with Crippen LogP contribution in [0.5, 0.6) is 5.75 Å². The minimum absolute atomic E-state index is 0.273. The van der Waals surface area contributed by atoms with E-state index in [-0.39, 0.29) is 6.42 Å². The zero-order valence-electron chi connectivity index (χ0n) is 11.7. The highest BCUT2D eigenvalue weighted by Gasteiger charge is 2.19. The number of carboxylic acid groups (broad SMARTS) is 1. The summed E-state index contributed by atoms with van der Waals surface area (Å²) in [6.45, 7) is 1.56. The number of rotatable bonds is 5. The lowest BCUT2D eigenvalue weighted by atomic mass is 9.89. The third-order valence-electron chi connectivity index (χ3n) is 3.75. The Labute approximate surface area is 118 Å². The number of aliphatic carboxylic acids is 1. The molecule has 0 saturated carbocycles. The van der Waals surface area contributed by atoms with Crippen LogP contribution in [0.15, 0.2) is 18.2 Å². The summed E-state index contributed by atoms with van der Waals surface area (Å²) in [5.41, 5.74) is 7.69. The largest absolute Gasteiger partial charge is 0.496 e. The predicted octanol–water partition coefficient (Wildman–Crippen LogP) is 1.54. The lowest BCUT2D eigenvalue weighted by Gasteiger charge is -2.23. The van der Waals surface area contributed by atoms with Crippen LogP contribution in [-0.4, -0.2) is 37.4 Å². The van der Waals surface area contributed by atoms with E-state index in [1.807, 2.05) is 18.2 Å². The van der Waals surface area contributed by atoms with Gasteiger partial charge in [0.25, 0.3) is 0 Å². The maximum Gasteiger partial charge on any atom is 0.320 e. The molecule has 2 rings (SSSR count). The molecule has 1 fully saturated rings. The van der Waals surface area contributed by atoms with E-state index in [9.17, 15) is 4.79 Å². The van der Waals surface area contributed by atoms with Crippen LogP contribution in [0.25, 0.3) is 0 Å². The molecule has 20 heavy (non-hydrogen) atoms. The molecule has 3 N–H and O–H groups in total. The molecule has 0 radical (unpaired) electrons. The third-order valence-corrected chi connectivity index (χ3v) is 3.75. The molecule has 1 unspecified atom stereocenters. The Hall–Kier alpha value is -1.59. The molecule has 1 aromatic carbocycles. The average Bonchev–Trinajstić information content (AvgIpc) is 2.48. The van der Waals surface area contributed by atoms with Gasteiger partial charge < -0.3 is 20.3 Å². The number of hydrogen-bond acceptors (Lipinski definition) is 4. The summed E-state index contributed by atoms with van der Waals surface area (Å²) in [6.07, 6.45) is 2.27. The summed E-state index contributed by atoms with van der Waals surface area (Å²) in [5, 5.41) is 8.94. The maximum atomic E-state index is 10.9. The Balaban J connectivity index is 2.21. The minimum Gasteiger partial charge on any atom is -0.496 e. The Morgan fingerprint density at radius 3 is 2.80 bits per heavy atom. The smallest absolute Gasteiger partial charge is 0.320 e. The first-order valence-electron chi connectivity index (χ1n) is 6.84. The van der Waals surface area contributed by atoms with Crippen molar-refractivity contribution in [3.05, 3.63) is 29.3 Å². The van der Waals surface area contributed by atoms with Crippen LogP contribution in [0.4, 0.5) is 0 Å². The SMILES string of the molecule is COc1ccc(C2CCOCC2)cc1CC(N)C(=O)O. The molecule has 1 atom stereocenters. The van der Waals surface area contributed by atoms with Crippen molar-refractivity contribution in [3.8, 4) is 5.75 Å². The molecular weight excluding hydrogens is 258 g/mol. The van der Waals surface area contributed by atoms with Gasteiger partial charge in [0, 0.05) is 19.6 Å². The van der Waals surface area contributed by atoms with E-state index in [1.165, 1.54) is 5.56 Å². The van der Waals surface area contributed by atoms with Gasteiger partial charge in [0.1, 0.15) is 11.8 Å². The van der Waals surface area contributed by atoms with Crippen molar-refractivity contribution in [1.82, 2.24) is 0 Å². The second kappa shape index (κ2) is 6.72. The first-order valence-corrected chi connectivity index (χ1v) is 6.84. The van der Waals surface area contributed by atoms with Gasteiger partial charge in [0.15, 0.2) is 0 Å². The van der Waals surface area contributed by atoms with Gasteiger partial charge in [-0.05, 0) is 36.0 Å². The van der Waals surface area contributed by atoms with Crippen LogP contribution in [0.1, 0.15) is 29.9 Å². The molecule has 0 aliphatic carbocycles.